The average molecular weight is 468 g/mol. The fourth-order valence-corrected chi connectivity index (χ4v) is 4.83. The number of carbonyl (C=O) groups is 2. The third-order valence-corrected chi connectivity index (χ3v) is 6.89. The smallest absolute Gasteiger partial charge is 0.346 e. The summed E-state index contributed by atoms with van der Waals surface area (Å²) in [6.07, 6.45) is 2.14. The van der Waals surface area contributed by atoms with E-state index in [0.717, 1.165) is 23.4 Å². The van der Waals surface area contributed by atoms with E-state index in [2.05, 4.69) is 10.4 Å². The molecule has 0 bridgehead atoms. The van der Waals surface area contributed by atoms with Gasteiger partial charge in [0.05, 0.1) is 24.4 Å². The number of nitrogens with one attached hydrogen (secondary N) is 1. The van der Waals surface area contributed by atoms with Crippen molar-refractivity contribution in [1.82, 2.24) is 19.7 Å². The van der Waals surface area contributed by atoms with Crippen LogP contribution in [-0.4, -0.2) is 46.4 Å². The molecule has 10 heteroatoms. The molecule has 1 atom stereocenters. The summed E-state index contributed by atoms with van der Waals surface area (Å²) in [7, 11) is 1.59. The van der Waals surface area contributed by atoms with Gasteiger partial charge in [-0.1, -0.05) is 6.07 Å². The maximum absolute atomic E-state index is 12.9. The van der Waals surface area contributed by atoms with Crippen LogP contribution >= 0.6 is 11.3 Å². The first-order valence-electron chi connectivity index (χ1n) is 11.0. The lowest BCUT2D eigenvalue weighted by molar-refractivity contribution is -0.126. The Kier molecular flexibility index (Phi) is 5.76. The van der Waals surface area contributed by atoms with E-state index in [1.807, 2.05) is 29.6 Å². The Bertz CT molecular complexity index is 1210. The monoisotopic (exact) mass is 467 g/mol. The first kappa shape index (κ1) is 21.4. The predicted octanol–water partition coefficient (Wildman–Crippen LogP) is 2.29. The number of nitrogens with zero attached hydrogens (tertiary/aromatic N) is 4. The van der Waals surface area contributed by atoms with Crippen LogP contribution < -0.4 is 20.6 Å². The van der Waals surface area contributed by atoms with Crippen molar-refractivity contribution in [2.24, 2.45) is 5.92 Å². The molecule has 33 heavy (non-hydrogen) atoms. The number of rotatable bonds is 8. The molecule has 1 unspecified atom stereocenters. The van der Waals surface area contributed by atoms with E-state index in [1.165, 1.54) is 4.68 Å². The zero-order valence-corrected chi connectivity index (χ0v) is 19.1. The molecule has 1 saturated heterocycles. The van der Waals surface area contributed by atoms with Crippen molar-refractivity contribution in [1.29, 1.82) is 0 Å². The second-order valence-electron chi connectivity index (χ2n) is 8.30. The van der Waals surface area contributed by atoms with E-state index < -0.39 is 5.92 Å². The Balaban J connectivity index is 1.20. The largest absolute Gasteiger partial charge is 0.497 e. The predicted molar refractivity (Wildman–Crippen MR) is 125 cm³/mol. The third kappa shape index (κ3) is 4.30. The van der Waals surface area contributed by atoms with E-state index in [4.69, 9.17) is 4.74 Å². The van der Waals surface area contributed by atoms with E-state index in [-0.39, 0.29) is 43.1 Å². The molecule has 1 saturated carbocycles. The Morgan fingerprint density at radius 1 is 1.21 bits per heavy atom. The van der Waals surface area contributed by atoms with Gasteiger partial charge in [0.1, 0.15) is 5.75 Å². The van der Waals surface area contributed by atoms with Gasteiger partial charge >= 0.3 is 5.69 Å². The average Bonchev–Trinajstić information content (AvgIpc) is 3.21. The maximum Gasteiger partial charge on any atom is 0.346 e. The fraction of sp³-hybridized carbons (Fsp3) is 0.391. The number of ether oxygens (including phenoxy) is 1. The van der Waals surface area contributed by atoms with Crippen LogP contribution in [0.25, 0.3) is 10.7 Å². The summed E-state index contributed by atoms with van der Waals surface area (Å²) in [5, 5.41) is 9.38. The van der Waals surface area contributed by atoms with Gasteiger partial charge in [0.25, 0.3) is 0 Å². The van der Waals surface area contributed by atoms with Gasteiger partial charge in [-0.2, -0.15) is 0 Å². The quantitative estimate of drug-likeness (QED) is 0.548. The van der Waals surface area contributed by atoms with Gasteiger partial charge in [-0.3, -0.25) is 14.2 Å². The van der Waals surface area contributed by atoms with Crippen LogP contribution in [0.3, 0.4) is 0 Å². The molecule has 3 heterocycles. The fourth-order valence-electron chi connectivity index (χ4n) is 4.13. The standard InChI is InChI=1S/C23H25N5O4S/c1-32-18-8-6-16(7-9-18)26-14-15(13-20(26)29)22(30)24-10-11-27-23(31)28(17-4-5-17)21(25-27)19-3-2-12-33-19/h2-3,6-9,12,15,17H,4-5,10-11,13-14H2,1H3,(H,24,30). The summed E-state index contributed by atoms with van der Waals surface area (Å²) in [5.74, 6) is 0.705. The number of benzene rings is 1. The Morgan fingerprint density at radius 3 is 2.67 bits per heavy atom. The number of thiophene rings is 1. The molecule has 2 aliphatic rings. The molecule has 1 N–H and O–H groups in total. The second kappa shape index (κ2) is 8.86. The molecule has 9 nitrogen and oxygen atoms in total. The van der Waals surface area contributed by atoms with E-state index >= 15 is 0 Å². The van der Waals surface area contributed by atoms with Crippen LogP contribution in [0.1, 0.15) is 25.3 Å². The van der Waals surface area contributed by atoms with E-state index in [0.29, 0.717) is 18.1 Å². The van der Waals surface area contributed by atoms with Gasteiger partial charge in [-0.05, 0) is 48.6 Å². The molecule has 172 valence electrons. The van der Waals surface area contributed by atoms with E-state index in [9.17, 15) is 14.4 Å². The maximum atomic E-state index is 12.9. The first-order chi connectivity index (χ1) is 16.0. The van der Waals surface area contributed by atoms with Gasteiger partial charge in [0.2, 0.25) is 11.8 Å². The summed E-state index contributed by atoms with van der Waals surface area (Å²) >= 11 is 1.55. The Hall–Kier alpha value is -3.40. The molecule has 1 aliphatic carbocycles. The van der Waals surface area contributed by atoms with Crippen molar-refractivity contribution in [3.63, 3.8) is 0 Å². The minimum Gasteiger partial charge on any atom is -0.497 e. The highest BCUT2D eigenvalue weighted by atomic mass is 32.1. The molecule has 1 aliphatic heterocycles. The SMILES string of the molecule is COc1ccc(N2CC(C(=O)NCCn3nc(-c4cccs4)n(C4CC4)c3=O)CC2=O)cc1. The zero-order chi connectivity index (χ0) is 22.9. The molecule has 0 spiro atoms. The summed E-state index contributed by atoms with van der Waals surface area (Å²) < 4.78 is 8.36. The lowest BCUT2D eigenvalue weighted by Gasteiger charge is -2.17. The van der Waals surface area contributed by atoms with Gasteiger partial charge in [0, 0.05) is 31.2 Å². The summed E-state index contributed by atoms with van der Waals surface area (Å²) in [6, 6.07) is 11.3. The van der Waals surface area contributed by atoms with E-state index in [1.54, 1.807) is 40.0 Å². The summed E-state index contributed by atoms with van der Waals surface area (Å²) in [5.41, 5.74) is 0.603. The highest BCUT2D eigenvalue weighted by molar-refractivity contribution is 7.13. The lowest BCUT2D eigenvalue weighted by atomic mass is 10.1. The highest BCUT2D eigenvalue weighted by Crippen LogP contribution is 2.37. The molecule has 2 amide bonds. The minimum absolute atomic E-state index is 0.0831. The minimum atomic E-state index is -0.429. The van der Waals surface area contributed by atoms with Crippen molar-refractivity contribution < 1.29 is 14.3 Å². The van der Waals surface area contributed by atoms with Crippen molar-refractivity contribution >= 4 is 28.8 Å². The number of methoxy groups -OCH3 is 1. The van der Waals surface area contributed by atoms with Gasteiger partial charge in [0.15, 0.2) is 5.82 Å². The summed E-state index contributed by atoms with van der Waals surface area (Å²) in [4.78, 5) is 40.6. The Labute approximate surface area is 194 Å². The number of carbonyl (C=O) groups excluding carboxylic acids is 2. The highest BCUT2D eigenvalue weighted by Gasteiger charge is 2.35. The van der Waals surface area contributed by atoms with Gasteiger partial charge < -0.3 is 15.0 Å². The molecule has 5 rings (SSSR count). The van der Waals surface area contributed by atoms with Crippen LogP contribution in [0, 0.1) is 5.92 Å². The first-order valence-corrected chi connectivity index (χ1v) is 11.9. The van der Waals surface area contributed by atoms with Crippen LogP contribution in [0.2, 0.25) is 0 Å². The lowest BCUT2D eigenvalue weighted by Crippen LogP contribution is -2.36. The number of hydrogen-bond donors (Lipinski definition) is 1. The van der Waals surface area contributed by atoms with Crippen LogP contribution in [0.15, 0.2) is 46.6 Å². The molecular formula is C23H25N5O4S. The van der Waals surface area contributed by atoms with Crippen molar-refractivity contribution in [2.45, 2.75) is 31.8 Å². The zero-order valence-electron chi connectivity index (χ0n) is 18.3. The van der Waals surface area contributed by atoms with Crippen molar-refractivity contribution in [3.8, 4) is 16.5 Å². The van der Waals surface area contributed by atoms with Gasteiger partial charge in [-0.15, -0.1) is 16.4 Å². The molecule has 2 fully saturated rings. The molecule has 0 radical (unpaired) electrons. The number of amides is 2. The molecule has 1 aromatic carbocycles. The molecule has 2 aromatic heterocycles. The van der Waals surface area contributed by atoms with Crippen molar-refractivity contribution in [3.05, 3.63) is 52.3 Å². The van der Waals surface area contributed by atoms with Crippen LogP contribution in [0.4, 0.5) is 5.69 Å². The normalized spacial score (nSPS) is 18.0. The number of hydrogen-bond acceptors (Lipinski definition) is 6. The third-order valence-electron chi connectivity index (χ3n) is 6.03. The van der Waals surface area contributed by atoms with Crippen molar-refractivity contribution in [2.75, 3.05) is 25.1 Å². The summed E-state index contributed by atoms with van der Waals surface area (Å²) in [6.45, 7) is 0.888. The molecule has 3 aromatic rings. The molecular weight excluding hydrogens is 442 g/mol. The second-order valence-corrected chi connectivity index (χ2v) is 9.25. The number of aromatic nitrogens is 3. The van der Waals surface area contributed by atoms with Crippen LogP contribution in [-0.2, 0) is 16.1 Å². The Morgan fingerprint density at radius 2 is 2.00 bits per heavy atom. The van der Waals surface area contributed by atoms with Crippen LogP contribution in [0.5, 0.6) is 5.75 Å². The number of anilines is 1. The van der Waals surface area contributed by atoms with Gasteiger partial charge in [-0.25, -0.2) is 9.48 Å². The topological polar surface area (TPSA) is 98.5 Å².